The summed E-state index contributed by atoms with van der Waals surface area (Å²) in [7, 11) is -0.307. The summed E-state index contributed by atoms with van der Waals surface area (Å²) in [6, 6.07) is 51.8. The van der Waals surface area contributed by atoms with E-state index in [2.05, 4.69) is 285 Å². The van der Waals surface area contributed by atoms with Crippen LogP contribution >= 0.6 is 85.1 Å². The van der Waals surface area contributed by atoms with Gasteiger partial charge in [0.2, 0.25) is 0 Å². The van der Waals surface area contributed by atoms with Gasteiger partial charge in [-0.1, -0.05) is 160 Å². The van der Waals surface area contributed by atoms with Crippen LogP contribution in [-0.4, -0.2) is 67.3 Å². The van der Waals surface area contributed by atoms with Crippen LogP contribution in [0, 0.1) is 3.57 Å². The Hall–Kier alpha value is -6.27. The van der Waals surface area contributed by atoms with Crippen LogP contribution < -0.4 is 26.7 Å². The normalized spacial score (nSPS) is 17.2. The second-order valence-electron chi connectivity index (χ2n) is 28.3. The number of nitrogens with one attached hydrogen (secondary N) is 4. The predicted molar refractivity (Wildman–Crippen MR) is 426 cm³/mol. The van der Waals surface area contributed by atoms with Gasteiger partial charge in [0, 0.05) is 64.4 Å². The van der Waals surface area contributed by atoms with E-state index in [-0.39, 0.29) is 57.7 Å². The van der Waals surface area contributed by atoms with Crippen molar-refractivity contribution in [3.05, 3.63) is 233 Å². The quantitative estimate of drug-likeness (QED) is 0.0449. The summed E-state index contributed by atoms with van der Waals surface area (Å²) in [4.78, 5) is 0. The largest absolute Gasteiger partial charge is 0.506 e. The number of anilines is 4. The maximum atomic E-state index is 10.00. The van der Waals surface area contributed by atoms with E-state index in [0.717, 1.165) is 65.1 Å². The van der Waals surface area contributed by atoms with Crippen LogP contribution in [0.3, 0.4) is 0 Å². The minimum Gasteiger partial charge on any atom is -0.506 e. The Morgan fingerprint density at radius 2 is 0.854 bits per heavy atom. The second-order valence-corrected chi connectivity index (χ2v) is 32.6. The molecule has 5 aliphatic heterocycles. The summed E-state index contributed by atoms with van der Waals surface area (Å²) in [5, 5.41) is 44.1. The molecule has 0 aliphatic carbocycles. The van der Waals surface area contributed by atoms with Crippen molar-refractivity contribution in [2.24, 2.45) is 0 Å². The van der Waals surface area contributed by atoms with E-state index in [9.17, 15) is 10.2 Å². The molecule has 0 atom stereocenters. The molecule has 9 nitrogen and oxygen atoms in total. The Morgan fingerprint density at radius 3 is 1.33 bits per heavy atom. The number of halogens is 5. The van der Waals surface area contributed by atoms with Crippen molar-refractivity contribution >= 4 is 143 Å². The van der Waals surface area contributed by atoms with Gasteiger partial charge in [0.05, 0.1) is 48.4 Å². The van der Waals surface area contributed by atoms with Crippen LogP contribution in [0.25, 0.3) is 44.5 Å². The van der Waals surface area contributed by atoms with Gasteiger partial charge in [-0.2, -0.15) is 11.8 Å². The van der Waals surface area contributed by atoms with Crippen LogP contribution in [0.5, 0.6) is 17.2 Å². The van der Waals surface area contributed by atoms with Gasteiger partial charge in [-0.25, -0.2) is 0 Å². The Kier molecular flexibility index (Phi) is 23.2. The third kappa shape index (κ3) is 18.3. The lowest BCUT2D eigenvalue weighted by molar-refractivity contribution is 0.00578. The molecule has 96 heavy (non-hydrogen) atoms. The molecule has 8 aromatic carbocycles. The van der Waals surface area contributed by atoms with Crippen molar-refractivity contribution in [3.63, 3.8) is 0 Å². The minimum absolute atomic E-state index is 0.0110. The molecular formula is C80H88BBrCl3IN4O5S. The maximum absolute atomic E-state index is 10.00. The van der Waals surface area contributed by atoms with Crippen molar-refractivity contribution in [3.8, 4) is 39.5 Å². The molecule has 7 N–H and O–H groups in total. The zero-order valence-corrected chi connectivity index (χ0v) is 64.3. The second kappa shape index (κ2) is 30.1. The molecule has 0 radical (unpaired) electrons. The van der Waals surface area contributed by atoms with E-state index in [1.54, 1.807) is 30.3 Å². The van der Waals surface area contributed by atoms with Crippen LogP contribution in [-0.2, 0) is 15.7 Å². The Balaban J connectivity index is 0.000000147. The highest BCUT2D eigenvalue weighted by Crippen LogP contribution is 2.44. The smallest absolute Gasteiger partial charge is 0.494 e. The molecule has 0 amide bonds. The number of thioether (sulfide) groups is 1. The zero-order valence-electron chi connectivity index (χ0n) is 57.5. The number of phenolic OH excluding ortho intramolecular Hbond substituents is 3. The Labute approximate surface area is 611 Å². The van der Waals surface area contributed by atoms with E-state index in [1.165, 1.54) is 61.5 Å². The molecule has 13 rings (SSSR count). The lowest BCUT2D eigenvalue weighted by Gasteiger charge is -2.32. The zero-order chi connectivity index (χ0) is 69.9. The Morgan fingerprint density at radius 1 is 0.448 bits per heavy atom. The number of hydrogen-bond donors (Lipinski definition) is 7. The van der Waals surface area contributed by atoms with Crippen molar-refractivity contribution in [2.45, 2.75) is 144 Å². The van der Waals surface area contributed by atoms with Gasteiger partial charge in [0.25, 0.3) is 0 Å². The van der Waals surface area contributed by atoms with Gasteiger partial charge in [0.1, 0.15) is 17.2 Å². The lowest BCUT2D eigenvalue weighted by atomic mass is 9.76. The fourth-order valence-corrected chi connectivity index (χ4v) is 14.7. The van der Waals surface area contributed by atoms with E-state index in [0.29, 0.717) is 15.1 Å². The van der Waals surface area contributed by atoms with Gasteiger partial charge in [-0.15, -0.1) is 0 Å². The first-order chi connectivity index (χ1) is 45.0. The van der Waals surface area contributed by atoms with Crippen molar-refractivity contribution < 1.29 is 24.6 Å². The van der Waals surface area contributed by atoms with Crippen molar-refractivity contribution in [2.75, 3.05) is 32.8 Å². The highest BCUT2D eigenvalue weighted by molar-refractivity contribution is 14.1. The summed E-state index contributed by atoms with van der Waals surface area (Å²) in [5.41, 5.74) is 20.2. The van der Waals surface area contributed by atoms with Crippen LogP contribution in [0.4, 0.5) is 22.7 Å². The fraction of sp³-hybridized carbons (Fsp3) is 0.300. The first-order valence-electron chi connectivity index (χ1n) is 32.2. The van der Waals surface area contributed by atoms with Crippen LogP contribution in [0.2, 0.25) is 15.1 Å². The molecule has 16 heteroatoms. The number of benzene rings is 8. The molecule has 502 valence electrons. The SMILES string of the molecule is CC1(C)C=C(CSCCc2ccccc2)c2cc(-c3cccc(O)c3Cl)ccc2N1.CC1=CC(C)(C)Nc2ccc(-c3cccc(O)c3Cl)cc21.CC1=CC(C)(C)Nc2ccc(B3OC(C)(C)C(C)(C)O3)cc21.CC1=CC(C)(C)Nc2ccc(Br)cc21.Oc1cccc(I)c1Cl. The van der Waals surface area contributed by atoms with Gasteiger partial charge in [0.15, 0.2) is 0 Å². The topological polar surface area (TPSA) is 127 Å². The van der Waals surface area contributed by atoms with E-state index in [4.69, 9.17) is 49.2 Å². The average Bonchev–Trinajstić information content (AvgIpc) is 1.68. The first-order valence-corrected chi connectivity index (χ1v) is 36.4. The monoisotopic (exact) mass is 1540 g/mol. The van der Waals surface area contributed by atoms with Gasteiger partial charge in [-0.3, -0.25) is 0 Å². The summed E-state index contributed by atoms with van der Waals surface area (Å²) in [6.45, 7) is 32.2. The van der Waals surface area contributed by atoms with Crippen molar-refractivity contribution in [1.29, 1.82) is 0 Å². The summed E-state index contributed by atoms with van der Waals surface area (Å²) in [5.74, 6) is 2.41. The van der Waals surface area contributed by atoms with Gasteiger partial charge >= 0.3 is 7.12 Å². The Bertz CT molecular complexity index is 4280. The number of aromatic hydroxyl groups is 3. The third-order valence-electron chi connectivity index (χ3n) is 17.5. The first kappa shape index (κ1) is 74.0. The summed E-state index contributed by atoms with van der Waals surface area (Å²) >= 11 is 25.7. The third-order valence-corrected chi connectivity index (χ3v) is 21.4. The molecule has 5 aliphatic rings. The lowest BCUT2D eigenvalue weighted by Crippen LogP contribution is -2.41. The van der Waals surface area contributed by atoms with E-state index >= 15 is 0 Å². The van der Waals surface area contributed by atoms with Gasteiger partial charge in [-0.05, 0) is 261 Å². The summed E-state index contributed by atoms with van der Waals surface area (Å²) < 4.78 is 14.3. The molecule has 1 saturated heterocycles. The number of hydrogen-bond acceptors (Lipinski definition) is 10. The minimum atomic E-state index is -0.307. The molecule has 5 heterocycles. The number of phenols is 3. The molecule has 1 fully saturated rings. The molecular weight excluding hydrogens is 1450 g/mol. The highest BCUT2D eigenvalue weighted by Gasteiger charge is 2.52. The van der Waals surface area contributed by atoms with Crippen molar-refractivity contribution in [1.82, 2.24) is 0 Å². The highest BCUT2D eigenvalue weighted by atomic mass is 127. The van der Waals surface area contributed by atoms with E-state index in [1.807, 2.05) is 42.1 Å². The maximum Gasteiger partial charge on any atom is 0.494 e. The number of rotatable bonds is 8. The standard InChI is InChI=1S/C26H26ClNOS.C18H26BNO2.C18H18ClNO.C12H14BrN.C6H4ClIO/c1-26(2)16-20(17-30-14-13-18-7-4-3-5-8-18)22-15-19(11-12-23(22)28-26)21-9-6-10-24(29)25(21)27;1-12-11-16(2,3)20-15-9-8-13(10-14(12)15)19-21-17(4,5)18(6,7)22-19;1-11-10-18(2,3)20-15-8-7-12(9-14(11)15)13-5-4-6-16(21)17(13)19;1-8-7-12(2,3)14-11-5-4-9(13)6-10(8)11;7-6-4(8)2-1-3-5(6)9/h3-12,15-16,28-29H,13-14,17H2,1-2H3;8-11,20H,1-7H3;4-10,20-21H,1-3H3;4-7,14H,1-3H3;1-3,9H. The average molecular weight is 1540 g/mol. The predicted octanol–water partition coefficient (Wildman–Crippen LogP) is 22.9. The van der Waals surface area contributed by atoms with E-state index < -0.39 is 0 Å². The molecule has 0 spiro atoms. The molecule has 0 saturated carbocycles. The number of allylic oxidation sites excluding steroid dienone is 3. The number of aryl methyl sites for hydroxylation is 1. The van der Waals surface area contributed by atoms with Crippen LogP contribution in [0.15, 0.2) is 187 Å². The summed E-state index contributed by atoms with van der Waals surface area (Å²) in [6.07, 6.45) is 10.2. The fourth-order valence-electron chi connectivity index (χ4n) is 12.3. The number of fused-ring (bicyclic) bond motifs is 4. The molecule has 0 unspecified atom stereocenters. The molecule has 0 aromatic heterocycles. The molecule has 0 bridgehead atoms. The van der Waals surface area contributed by atoms with Crippen LogP contribution in [0.1, 0.15) is 132 Å². The molecule has 8 aromatic rings. The van der Waals surface area contributed by atoms with Gasteiger partial charge < -0.3 is 45.9 Å².